The van der Waals surface area contributed by atoms with Crippen molar-refractivity contribution in [3.63, 3.8) is 0 Å². The molecule has 8 nitrogen and oxygen atoms in total. The van der Waals surface area contributed by atoms with E-state index >= 15 is 0 Å². The van der Waals surface area contributed by atoms with Crippen LogP contribution in [-0.2, 0) is 0 Å². The maximum absolute atomic E-state index is 13.4. The van der Waals surface area contributed by atoms with E-state index < -0.39 is 24.9 Å². The van der Waals surface area contributed by atoms with E-state index in [0.29, 0.717) is 22.6 Å². The van der Waals surface area contributed by atoms with Crippen molar-refractivity contribution < 1.29 is 13.6 Å². The number of alkyl halides is 2. The van der Waals surface area contributed by atoms with Gasteiger partial charge in [-0.05, 0) is 38.1 Å². The third-order valence-corrected chi connectivity index (χ3v) is 4.29. The summed E-state index contributed by atoms with van der Waals surface area (Å²) in [6, 6.07) is 8.98. The molecule has 0 atom stereocenters. The molecule has 0 aliphatic heterocycles. The normalized spacial score (nSPS) is 11.5. The van der Waals surface area contributed by atoms with Crippen LogP contribution in [0.1, 0.15) is 29.8 Å². The number of nitriles is 1. The average Bonchev–Trinajstić information content (AvgIpc) is 3.14. The van der Waals surface area contributed by atoms with Crippen molar-refractivity contribution in [2.45, 2.75) is 25.8 Å². The van der Waals surface area contributed by atoms with Crippen LogP contribution < -0.4 is 16.4 Å². The van der Waals surface area contributed by atoms with E-state index in [9.17, 15) is 13.6 Å². The fraction of sp³-hybridized carbons (Fsp3) is 0.300. The third-order valence-electron chi connectivity index (χ3n) is 4.29. The second-order valence-electron chi connectivity index (χ2n) is 7.07. The number of nitrogens with zero attached hydrogens (tertiary/aromatic N) is 4. The lowest BCUT2D eigenvalue weighted by molar-refractivity contribution is 0.0118. The summed E-state index contributed by atoms with van der Waals surface area (Å²) in [6.45, 7) is 2.06. The van der Waals surface area contributed by atoms with Crippen molar-refractivity contribution in [1.29, 1.82) is 5.26 Å². The molecule has 4 N–H and O–H groups in total. The molecule has 3 aromatic rings. The Bertz CT molecular complexity index is 1120. The van der Waals surface area contributed by atoms with E-state index in [0.717, 1.165) is 5.52 Å². The van der Waals surface area contributed by atoms with Crippen molar-refractivity contribution in [2.24, 2.45) is 5.73 Å². The standard InChI is InChI=1S/C20H21F2N7O/c1-12(2)28-16-6-17(18-4-3-14-5-13(7-23)8-27-29(14)18)25-9-15(16)19(30)26-11-20(21,22)10-24/h3-6,8-9,12H,10-11,24H2,1-2H3,(H,25,28)(H,26,30). The van der Waals surface area contributed by atoms with Crippen LogP contribution >= 0.6 is 0 Å². The van der Waals surface area contributed by atoms with Gasteiger partial charge in [-0.1, -0.05) is 0 Å². The number of pyridine rings is 1. The van der Waals surface area contributed by atoms with Gasteiger partial charge in [0.2, 0.25) is 0 Å². The van der Waals surface area contributed by atoms with E-state index in [-0.39, 0.29) is 11.6 Å². The van der Waals surface area contributed by atoms with E-state index in [1.54, 1.807) is 28.8 Å². The molecule has 0 radical (unpaired) electrons. The Labute approximate surface area is 171 Å². The number of carbonyl (C=O) groups is 1. The molecule has 0 unspecified atom stereocenters. The highest BCUT2D eigenvalue weighted by molar-refractivity contribution is 6.00. The van der Waals surface area contributed by atoms with E-state index in [1.165, 1.54) is 12.4 Å². The topological polar surface area (TPSA) is 121 Å². The monoisotopic (exact) mass is 413 g/mol. The van der Waals surface area contributed by atoms with Gasteiger partial charge in [0.15, 0.2) is 0 Å². The summed E-state index contributed by atoms with van der Waals surface area (Å²) in [5, 5.41) is 18.6. The van der Waals surface area contributed by atoms with Crippen LogP contribution in [0.2, 0.25) is 0 Å². The molecule has 30 heavy (non-hydrogen) atoms. The van der Waals surface area contributed by atoms with Crippen LogP contribution in [0.3, 0.4) is 0 Å². The molecule has 3 rings (SSSR count). The quantitative estimate of drug-likeness (QED) is 0.547. The zero-order valence-electron chi connectivity index (χ0n) is 16.5. The molecule has 0 spiro atoms. The number of halogens is 2. The average molecular weight is 413 g/mol. The molecule has 0 saturated carbocycles. The minimum atomic E-state index is -3.19. The number of nitrogens with two attached hydrogens (primary N) is 1. The van der Waals surface area contributed by atoms with Gasteiger partial charge < -0.3 is 16.4 Å². The zero-order valence-corrected chi connectivity index (χ0v) is 16.5. The van der Waals surface area contributed by atoms with Crippen LogP contribution in [0.25, 0.3) is 16.9 Å². The van der Waals surface area contributed by atoms with Gasteiger partial charge in [0.05, 0.1) is 53.0 Å². The first kappa shape index (κ1) is 21.1. The number of hydrogen-bond donors (Lipinski definition) is 3. The highest BCUT2D eigenvalue weighted by Crippen LogP contribution is 2.26. The second-order valence-corrected chi connectivity index (χ2v) is 7.07. The van der Waals surface area contributed by atoms with Crippen LogP contribution in [0, 0.1) is 11.3 Å². The van der Waals surface area contributed by atoms with Crippen molar-refractivity contribution >= 4 is 17.1 Å². The van der Waals surface area contributed by atoms with Gasteiger partial charge in [-0.2, -0.15) is 10.4 Å². The minimum absolute atomic E-state index is 0.0161. The number of rotatable bonds is 7. The SMILES string of the molecule is CC(C)Nc1cc(-c2ccc3cc(C#N)cnn23)ncc1C(=O)NCC(F)(F)CN. The van der Waals surface area contributed by atoms with Gasteiger partial charge in [-0.3, -0.25) is 9.78 Å². The van der Waals surface area contributed by atoms with Gasteiger partial charge >= 0.3 is 0 Å². The van der Waals surface area contributed by atoms with E-state index in [2.05, 4.69) is 20.7 Å². The molecular formula is C20H21F2N7O. The van der Waals surface area contributed by atoms with E-state index in [1.807, 2.05) is 19.9 Å². The van der Waals surface area contributed by atoms with Gasteiger partial charge in [-0.25, -0.2) is 13.3 Å². The Kier molecular flexibility index (Phi) is 5.94. The van der Waals surface area contributed by atoms with Crippen LogP contribution in [0.5, 0.6) is 0 Å². The molecule has 0 saturated heterocycles. The first-order valence-electron chi connectivity index (χ1n) is 9.25. The predicted octanol–water partition coefficient (Wildman–Crippen LogP) is 2.41. The summed E-state index contributed by atoms with van der Waals surface area (Å²) in [5.74, 6) is -3.87. The van der Waals surface area contributed by atoms with Gasteiger partial charge in [0.25, 0.3) is 11.8 Å². The predicted molar refractivity (Wildman–Crippen MR) is 108 cm³/mol. The highest BCUT2D eigenvalue weighted by atomic mass is 19.3. The Morgan fingerprint density at radius 2 is 2.10 bits per heavy atom. The van der Waals surface area contributed by atoms with Crippen LogP contribution in [0.15, 0.2) is 36.7 Å². The molecule has 0 aliphatic rings. The number of nitrogens with one attached hydrogen (secondary N) is 2. The van der Waals surface area contributed by atoms with Gasteiger partial charge in [0.1, 0.15) is 6.07 Å². The first-order valence-corrected chi connectivity index (χ1v) is 9.25. The summed E-state index contributed by atoms with van der Waals surface area (Å²) in [6.07, 6.45) is 2.78. The summed E-state index contributed by atoms with van der Waals surface area (Å²) in [7, 11) is 0. The molecule has 10 heteroatoms. The largest absolute Gasteiger partial charge is 0.382 e. The number of hydrogen-bond acceptors (Lipinski definition) is 6. The maximum atomic E-state index is 13.4. The van der Waals surface area contributed by atoms with Crippen molar-refractivity contribution in [2.75, 3.05) is 18.4 Å². The lowest BCUT2D eigenvalue weighted by Gasteiger charge is -2.18. The zero-order chi connectivity index (χ0) is 21.9. The molecule has 3 heterocycles. The molecule has 3 aromatic heterocycles. The lowest BCUT2D eigenvalue weighted by Crippen LogP contribution is -2.41. The molecular weight excluding hydrogens is 392 g/mol. The molecule has 0 bridgehead atoms. The number of anilines is 1. The van der Waals surface area contributed by atoms with Crippen LogP contribution in [-0.4, -0.2) is 45.6 Å². The fourth-order valence-electron chi connectivity index (χ4n) is 2.84. The minimum Gasteiger partial charge on any atom is -0.382 e. The summed E-state index contributed by atoms with van der Waals surface area (Å²) in [5.41, 5.74) is 7.94. The number of carbonyl (C=O) groups excluding carboxylic acids is 1. The lowest BCUT2D eigenvalue weighted by atomic mass is 10.1. The molecule has 0 aliphatic carbocycles. The van der Waals surface area contributed by atoms with E-state index in [4.69, 9.17) is 11.0 Å². The van der Waals surface area contributed by atoms with Gasteiger partial charge in [-0.15, -0.1) is 0 Å². The second kappa shape index (κ2) is 8.42. The first-order chi connectivity index (χ1) is 14.2. The Morgan fingerprint density at radius 3 is 2.77 bits per heavy atom. The van der Waals surface area contributed by atoms with Crippen LogP contribution in [0.4, 0.5) is 14.5 Å². The molecule has 0 fully saturated rings. The molecule has 0 aromatic carbocycles. The summed E-state index contributed by atoms with van der Waals surface area (Å²) < 4.78 is 28.4. The summed E-state index contributed by atoms with van der Waals surface area (Å²) >= 11 is 0. The summed E-state index contributed by atoms with van der Waals surface area (Å²) in [4.78, 5) is 16.8. The number of fused-ring (bicyclic) bond motifs is 1. The molecule has 156 valence electrons. The number of aromatic nitrogens is 3. The van der Waals surface area contributed by atoms with Gasteiger partial charge in [0, 0.05) is 12.2 Å². The maximum Gasteiger partial charge on any atom is 0.277 e. The third kappa shape index (κ3) is 4.52. The Hall–Kier alpha value is -3.58. The fourth-order valence-corrected chi connectivity index (χ4v) is 2.84. The Morgan fingerprint density at radius 1 is 1.33 bits per heavy atom. The number of amides is 1. The highest BCUT2D eigenvalue weighted by Gasteiger charge is 2.28. The van der Waals surface area contributed by atoms with Crippen molar-refractivity contribution in [3.05, 3.63) is 47.8 Å². The van der Waals surface area contributed by atoms with Crippen molar-refractivity contribution in [3.8, 4) is 17.5 Å². The van der Waals surface area contributed by atoms with Crippen molar-refractivity contribution in [1.82, 2.24) is 19.9 Å². The molecule has 1 amide bonds. The Balaban J connectivity index is 1.97. The smallest absolute Gasteiger partial charge is 0.277 e.